The molecule has 1 nitrogen and oxygen atoms in total. The molecular weight excluding hydrogens is 230 g/mol. The van der Waals surface area contributed by atoms with Crippen molar-refractivity contribution in [2.75, 3.05) is 0 Å². The number of benzene rings is 2. The van der Waals surface area contributed by atoms with E-state index in [1.807, 2.05) is 54.6 Å². The Bertz CT molecular complexity index is 528. The van der Waals surface area contributed by atoms with Crippen molar-refractivity contribution in [1.29, 1.82) is 5.26 Å². The van der Waals surface area contributed by atoms with Crippen LogP contribution in [0.1, 0.15) is 23.5 Å². The van der Waals surface area contributed by atoms with E-state index >= 15 is 0 Å². The molecule has 1 unspecified atom stereocenters. The smallest absolute Gasteiger partial charge is 0.0631 e. The van der Waals surface area contributed by atoms with Crippen molar-refractivity contribution in [3.8, 4) is 6.07 Å². The van der Waals surface area contributed by atoms with Crippen LogP contribution in [0.3, 0.4) is 0 Å². The van der Waals surface area contributed by atoms with Crippen molar-refractivity contribution in [3.63, 3.8) is 0 Å². The van der Waals surface area contributed by atoms with Crippen molar-refractivity contribution in [1.82, 2.24) is 0 Å². The van der Waals surface area contributed by atoms with Gasteiger partial charge in [0.15, 0.2) is 0 Å². The number of nitriles is 1. The van der Waals surface area contributed by atoms with Crippen molar-refractivity contribution in [2.45, 2.75) is 12.3 Å². The third-order valence-electron chi connectivity index (χ3n) is 2.78. The van der Waals surface area contributed by atoms with Gasteiger partial charge in [-0.15, -0.1) is 0 Å². The van der Waals surface area contributed by atoms with Crippen LogP contribution < -0.4 is 0 Å². The Balaban J connectivity index is 2.44. The van der Waals surface area contributed by atoms with Gasteiger partial charge in [-0.25, -0.2) is 0 Å². The Morgan fingerprint density at radius 2 is 1.65 bits per heavy atom. The molecule has 2 aromatic carbocycles. The molecule has 0 saturated heterocycles. The first kappa shape index (κ1) is 11.7. The van der Waals surface area contributed by atoms with Crippen LogP contribution in [0.4, 0.5) is 0 Å². The molecule has 0 amide bonds. The van der Waals surface area contributed by atoms with Gasteiger partial charge in [0, 0.05) is 17.4 Å². The summed E-state index contributed by atoms with van der Waals surface area (Å²) >= 11 is 6.20. The number of rotatable bonds is 3. The summed E-state index contributed by atoms with van der Waals surface area (Å²) in [6.07, 6.45) is 0.438. The first-order valence-electron chi connectivity index (χ1n) is 5.49. The van der Waals surface area contributed by atoms with E-state index in [0.29, 0.717) is 6.42 Å². The van der Waals surface area contributed by atoms with E-state index in [9.17, 15) is 0 Å². The number of nitrogens with zero attached hydrogens (tertiary/aromatic N) is 1. The standard InChI is InChI=1S/C15H12ClN/c16-15-9-5-4-8-14(15)13(10-11-17)12-6-2-1-3-7-12/h1-9,13H,10H2. The van der Waals surface area contributed by atoms with Gasteiger partial charge in [0.2, 0.25) is 0 Å². The topological polar surface area (TPSA) is 23.8 Å². The number of halogens is 1. The van der Waals surface area contributed by atoms with E-state index in [1.54, 1.807) is 0 Å². The molecule has 0 radical (unpaired) electrons. The molecule has 84 valence electrons. The first-order valence-corrected chi connectivity index (χ1v) is 5.87. The molecule has 1 atom stereocenters. The second kappa shape index (κ2) is 5.52. The van der Waals surface area contributed by atoms with Crippen molar-refractivity contribution in [2.24, 2.45) is 0 Å². The van der Waals surface area contributed by atoms with Gasteiger partial charge in [0.05, 0.1) is 6.07 Å². The Kier molecular flexibility index (Phi) is 3.80. The lowest BCUT2D eigenvalue weighted by Crippen LogP contribution is -2.00. The third kappa shape index (κ3) is 2.67. The molecule has 0 N–H and O–H groups in total. The Morgan fingerprint density at radius 1 is 1.00 bits per heavy atom. The lowest BCUT2D eigenvalue weighted by molar-refractivity contribution is 0.838. The second-order valence-corrected chi connectivity index (χ2v) is 4.25. The Labute approximate surface area is 106 Å². The van der Waals surface area contributed by atoms with Gasteiger partial charge in [-0.05, 0) is 17.2 Å². The van der Waals surface area contributed by atoms with E-state index in [4.69, 9.17) is 16.9 Å². The van der Waals surface area contributed by atoms with Crippen LogP contribution in [0.15, 0.2) is 54.6 Å². The lowest BCUT2D eigenvalue weighted by atomic mass is 9.89. The summed E-state index contributed by atoms with van der Waals surface area (Å²) in [5.74, 6) is 0.0508. The van der Waals surface area contributed by atoms with E-state index in [1.165, 1.54) is 0 Å². The summed E-state index contributed by atoms with van der Waals surface area (Å²) in [7, 11) is 0. The predicted molar refractivity (Wildman–Crippen MR) is 70.0 cm³/mol. The molecule has 0 aliphatic rings. The van der Waals surface area contributed by atoms with Crippen molar-refractivity contribution >= 4 is 11.6 Å². The van der Waals surface area contributed by atoms with Gasteiger partial charge >= 0.3 is 0 Å². The number of hydrogen-bond acceptors (Lipinski definition) is 1. The molecule has 2 rings (SSSR count). The first-order chi connectivity index (χ1) is 8.33. The zero-order chi connectivity index (χ0) is 12.1. The maximum Gasteiger partial charge on any atom is 0.0631 e. The average molecular weight is 242 g/mol. The summed E-state index contributed by atoms with van der Waals surface area (Å²) < 4.78 is 0. The third-order valence-corrected chi connectivity index (χ3v) is 3.12. The fourth-order valence-electron chi connectivity index (χ4n) is 1.94. The fraction of sp³-hybridized carbons (Fsp3) is 0.133. The normalized spacial score (nSPS) is 11.8. The minimum absolute atomic E-state index is 0.0508. The van der Waals surface area contributed by atoms with Gasteiger partial charge in [-0.2, -0.15) is 5.26 Å². The van der Waals surface area contributed by atoms with Crippen molar-refractivity contribution < 1.29 is 0 Å². The molecule has 2 heteroatoms. The van der Waals surface area contributed by atoms with E-state index < -0.39 is 0 Å². The molecule has 0 fully saturated rings. The van der Waals surface area contributed by atoms with Crippen LogP contribution >= 0.6 is 11.6 Å². The highest BCUT2D eigenvalue weighted by molar-refractivity contribution is 6.31. The Morgan fingerprint density at radius 3 is 2.29 bits per heavy atom. The second-order valence-electron chi connectivity index (χ2n) is 3.85. The van der Waals surface area contributed by atoms with Crippen molar-refractivity contribution in [3.05, 3.63) is 70.7 Å². The minimum Gasteiger partial charge on any atom is -0.198 e. The molecule has 0 heterocycles. The summed E-state index contributed by atoms with van der Waals surface area (Å²) in [4.78, 5) is 0. The highest BCUT2D eigenvalue weighted by Gasteiger charge is 2.15. The van der Waals surface area contributed by atoms with E-state index in [2.05, 4.69) is 6.07 Å². The summed E-state index contributed by atoms with van der Waals surface area (Å²) in [6.45, 7) is 0. The van der Waals surface area contributed by atoms with Crippen LogP contribution in [0.5, 0.6) is 0 Å². The Hall–Kier alpha value is -1.78. The minimum atomic E-state index is 0.0508. The molecule has 0 saturated carbocycles. The quantitative estimate of drug-likeness (QED) is 0.782. The zero-order valence-corrected chi connectivity index (χ0v) is 10.1. The van der Waals surface area contributed by atoms with E-state index in [-0.39, 0.29) is 5.92 Å². The van der Waals surface area contributed by atoms with Crippen LogP contribution in [-0.2, 0) is 0 Å². The maximum atomic E-state index is 8.96. The van der Waals surface area contributed by atoms with Gasteiger partial charge in [-0.3, -0.25) is 0 Å². The lowest BCUT2D eigenvalue weighted by Gasteiger charge is -2.16. The summed E-state index contributed by atoms with van der Waals surface area (Å²) in [5, 5.41) is 9.68. The SMILES string of the molecule is N#CCC(c1ccccc1)c1ccccc1Cl. The van der Waals surface area contributed by atoms with Crippen LogP contribution in [0.2, 0.25) is 5.02 Å². The number of hydrogen-bond donors (Lipinski definition) is 0. The zero-order valence-electron chi connectivity index (χ0n) is 9.31. The van der Waals surface area contributed by atoms with Gasteiger partial charge < -0.3 is 0 Å². The molecule has 0 spiro atoms. The molecular formula is C15H12ClN. The molecule has 0 bridgehead atoms. The van der Waals surface area contributed by atoms with Gasteiger partial charge in [0.25, 0.3) is 0 Å². The fourth-order valence-corrected chi connectivity index (χ4v) is 2.21. The molecule has 17 heavy (non-hydrogen) atoms. The monoisotopic (exact) mass is 241 g/mol. The summed E-state index contributed by atoms with van der Waals surface area (Å²) in [6, 6.07) is 19.9. The molecule has 0 aliphatic carbocycles. The average Bonchev–Trinajstić information content (AvgIpc) is 2.38. The molecule has 2 aromatic rings. The van der Waals surface area contributed by atoms with Crippen LogP contribution in [0.25, 0.3) is 0 Å². The maximum absolute atomic E-state index is 8.96. The van der Waals surface area contributed by atoms with Crippen LogP contribution in [-0.4, -0.2) is 0 Å². The van der Waals surface area contributed by atoms with Gasteiger partial charge in [-0.1, -0.05) is 60.1 Å². The van der Waals surface area contributed by atoms with Gasteiger partial charge in [0.1, 0.15) is 0 Å². The highest BCUT2D eigenvalue weighted by Crippen LogP contribution is 2.32. The van der Waals surface area contributed by atoms with Crippen LogP contribution in [0, 0.1) is 11.3 Å². The highest BCUT2D eigenvalue weighted by atomic mass is 35.5. The molecule has 0 aliphatic heterocycles. The molecule has 0 aromatic heterocycles. The van der Waals surface area contributed by atoms with E-state index in [0.717, 1.165) is 16.1 Å². The predicted octanol–water partition coefficient (Wildman–Crippen LogP) is 4.39. The largest absolute Gasteiger partial charge is 0.198 e. The summed E-state index contributed by atoms with van der Waals surface area (Å²) in [5.41, 5.74) is 2.14.